The predicted molar refractivity (Wildman–Crippen MR) is 77.9 cm³/mol. The second-order valence-electron chi connectivity index (χ2n) is 4.79. The van der Waals surface area contributed by atoms with Crippen molar-refractivity contribution in [1.82, 2.24) is 0 Å². The van der Waals surface area contributed by atoms with Gasteiger partial charge in [-0.15, -0.1) is 0 Å². The minimum absolute atomic E-state index is 0.129. The third kappa shape index (κ3) is 2.64. The van der Waals surface area contributed by atoms with Gasteiger partial charge >= 0.3 is 0 Å². The van der Waals surface area contributed by atoms with E-state index in [9.17, 15) is 4.39 Å². The minimum atomic E-state index is -0.129. The zero-order valence-corrected chi connectivity index (χ0v) is 11.8. The summed E-state index contributed by atoms with van der Waals surface area (Å²) in [7, 11) is 0. The summed E-state index contributed by atoms with van der Waals surface area (Å²) in [5.41, 5.74) is 7.40. The van der Waals surface area contributed by atoms with Gasteiger partial charge in [0.1, 0.15) is 5.82 Å². The fourth-order valence-electron chi connectivity index (χ4n) is 2.48. The summed E-state index contributed by atoms with van der Waals surface area (Å²) < 4.78 is 13.9. The van der Waals surface area contributed by atoms with Gasteiger partial charge in [-0.3, -0.25) is 0 Å². The van der Waals surface area contributed by atoms with Crippen LogP contribution in [-0.4, -0.2) is 30.1 Å². The van der Waals surface area contributed by atoms with E-state index in [0.717, 1.165) is 23.5 Å². The Morgan fingerprint density at radius 1 is 1.44 bits per heavy atom. The summed E-state index contributed by atoms with van der Waals surface area (Å²) in [6.07, 6.45) is 0.604. The molecule has 2 unspecified atom stereocenters. The molecule has 0 saturated carbocycles. The molecule has 1 saturated heterocycles. The molecule has 4 heteroatoms. The standard InChI is InChI=1S/C14H21FN2S/c1-10-11(2)18-9-8-17(10)14-5-3-4-13(15)12(14)6-7-16/h3-5,10-11H,6-9,16H2,1-2H3. The van der Waals surface area contributed by atoms with Gasteiger partial charge in [0.25, 0.3) is 0 Å². The Morgan fingerprint density at radius 3 is 2.94 bits per heavy atom. The number of thioether (sulfide) groups is 1. The van der Waals surface area contributed by atoms with Crippen LogP contribution in [0.3, 0.4) is 0 Å². The van der Waals surface area contributed by atoms with Gasteiger partial charge in [0.05, 0.1) is 0 Å². The number of rotatable bonds is 3. The smallest absolute Gasteiger partial charge is 0.128 e. The molecule has 2 atom stereocenters. The van der Waals surface area contributed by atoms with Crippen LogP contribution in [0.1, 0.15) is 19.4 Å². The van der Waals surface area contributed by atoms with Gasteiger partial charge in [-0.1, -0.05) is 13.0 Å². The molecule has 2 nitrogen and oxygen atoms in total. The first-order valence-electron chi connectivity index (χ1n) is 6.51. The molecule has 0 aliphatic carbocycles. The van der Waals surface area contributed by atoms with Crippen LogP contribution in [0.25, 0.3) is 0 Å². The van der Waals surface area contributed by atoms with Crippen LogP contribution in [0, 0.1) is 5.82 Å². The number of halogens is 1. The fourth-order valence-corrected chi connectivity index (χ4v) is 3.58. The molecule has 1 aliphatic rings. The lowest BCUT2D eigenvalue weighted by molar-refractivity contribution is 0.594. The molecule has 0 aromatic heterocycles. The average molecular weight is 268 g/mol. The minimum Gasteiger partial charge on any atom is -0.367 e. The molecule has 2 rings (SSSR count). The quantitative estimate of drug-likeness (QED) is 0.914. The van der Waals surface area contributed by atoms with Crippen molar-refractivity contribution in [3.8, 4) is 0 Å². The number of nitrogens with zero attached hydrogens (tertiary/aromatic N) is 1. The van der Waals surface area contributed by atoms with E-state index in [1.165, 1.54) is 6.07 Å². The molecule has 0 bridgehead atoms. The summed E-state index contributed by atoms with van der Waals surface area (Å²) in [5.74, 6) is 0.973. The Morgan fingerprint density at radius 2 is 2.22 bits per heavy atom. The zero-order valence-electron chi connectivity index (χ0n) is 11.0. The molecule has 100 valence electrons. The predicted octanol–water partition coefficient (Wildman–Crippen LogP) is 2.66. The van der Waals surface area contributed by atoms with Gasteiger partial charge in [0, 0.05) is 34.8 Å². The first-order chi connectivity index (χ1) is 8.65. The Kier molecular flexibility index (Phi) is 4.51. The number of hydrogen-bond acceptors (Lipinski definition) is 3. The molecule has 0 radical (unpaired) electrons. The molecule has 1 heterocycles. The van der Waals surface area contributed by atoms with Crippen molar-refractivity contribution in [3.05, 3.63) is 29.6 Å². The molecule has 1 aromatic carbocycles. The van der Waals surface area contributed by atoms with Crippen LogP contribution in [0.15, 0.2) is 18.2 Å². The van der Waals surface area contributed by atoms with Crippen LogP contribution >= 0.6 is 11.8 Å². The van der Waals surface area contributed by atoms with E-state index in [4.69, 9.17) is 5.73 Å². The van der Waals surface area contributed by atoms with E-state index in [1.807, 2.05) is 17.8 Å². The monoisotopic (exact) mass is 268 g/mol. The molecular formula is C14H21FN2S. The molecule has 1 aliphatic heterocycles. The van der Waals surface area contributed by atoms with Gasteiger partial charge in [0.2, 0.25) is 0 Å². The fraction of sp³-hybridized carbons (Fsp3) is 0.571. The molecule has 2 N–H and O–H groups in total. The maximum Gasteiger partial charge on any atom is 0.128 e. The number of anilines is 1. The number of hydrogen-bond donors (Lipinski definition) is 1. The van der Waals surface area contributed by atoms with Crippen LogP contribution in [0.4, 0.5) is 10.1 Å². The highest BCUT2D eigenvalue weighted by Crippen LogP contribution is 2.32. The molecule has 0 spiro atoms. The number of benzene rings is 1. The van der Waals surface area contributed by atoms with Crippen molar-refractivity contribution in [2.45, 2.75) is 31.6 Å². The first-order valence-corrected chi connectivity index (χ1v) is 7.55. The average Bonchev–Trinajstić information content (AvgIpc) is 2.36. The summed E-state index contributed by atoms with van der Waals surface area (Å²) in [6, 6.07) is 5.78. The molecule has 18 heavy (non-hydrogen) atoms. The summed E-state index contributed by atoms with van der Waals surface area (Å²) in [4.78, 5) is 2.33. The van der Waals surface area contributed by atoms with Crippen molar-refractivity contribution >= 4 is 17.4 Å². The topological polar surface area (TPSA) is 29.3 Å². The maximum absolute atomic E-state index is 13.9. The van der Waals surface area contributed by atoms with Gasteiger partial charge < -0.3 is 10.6 Å². The summed E-state index contributed by atoms with van der Waals surface area (Å²) in [6.45, 7) is 5.93. The van der Waals surface area contributed by atoms with Crippen LogP contribution in [0.5, 0.6) is 0 Å². The first kappa shape index (κ1) is 13.7. The highest BCUT2D eigenvalue weighted by molar-refractivity contribution is 8.00. The lowest BCUT2D eigenvalue weighted by atomic mass is 10.1. The third-order valence-corrected chi connectivity index (χ3v) is 5.02. The van der Waals surface area contributed by atoms with Crippen LogP contribution in [0.2, 0.25) is 0 Å². The normalized spacial score (nSPS) is 24.3. The van der Waals surface area contributed by atoms with Crippen molar-refractivity contribution in [2.24, 2.45) is 5.73 Å². The van der Waals surface area contributed by atoms with Crippen LogP contribution < -0.4 is 10.6 Å². The second kappa shape index (κ2) is 5.93. The highest BCUT2D eigenvalue weighted by atomic mass is 32.2. The molecule has 1 fully saturated rings. The second-order valence-corrected chi connectivity index (χ2v) is 6.27. The molecule has 0 amide bonds. The summed E-state index contributed by atoms with van der Waals surface area (Å²) in [5, 5.41) is 0.577. The Balaban J connectivity index is 2.34. The van der Waals surface area contributed by atoms with E-state index in [-0.39, 0.29) is 5.82 Å². The van der Waals surface area contributed by atoms with E-state index in [2.05, 4.69) is 18.7 Å². The maximum atomic E-state index is 13.9. The van der Waals surface area contributed by atoms with Gasteiger partial charge in [-0.05, 0) is 32.0 Å². The SMILES string of the molecule is CC1SCCN(c2cccc(F)c2CCN)C1C. The van der Waals surface area contributed by atoms with Crippen molar-refractivity contribution in [1.29, 1.82) is 0 Å². The van der Waals surface area contributed by atoms with Crippen LogP contribution in [-0.2, 0) is 6.42 Å². The largest absolute Gasteiger partial charge is 0.367 e. The van der Waals surface area contributed by atoms with Gasteiger partial charge in [-0.2, -0.15) is 11.8 Å². The highest BCUT2D eigenvalue weighted by Gasteiger charge is 2.27. The lowest BCUT2D eigenvalue weighted by Crippen LogP contribution is -2.45. The van der Waals surface area contributed by atoms with E-state index < -0.39 is 0 Å². The van der Waals surface area contributed by atoms with E-state index in [0.29, 0.717) is 24.3 Å². The van der Waals surface area contributed by atoms with Crippen molar-refractivity contribution in [2.75, 3.05) is 23.7 Å². The molecular weight excluding hydrogens is 247 g/mol. The van der Waals surface area contributed by atoms with Crippen molar-refractivity contribution in [3.63, 3.8) is 0 Å². The Hall–Kier alpha value is -0.740. The van der Waals surface area contributed by atoms with E-state index in [1.54, 1.807) is 6.07 Å². The molecule has 1 aromatic rings. The van der Waals surface area contributed by atoms with Gasteiger partial charge in [-0.25, -0.2) is 4.39 Å². The van der Waals surface area contributed by atoms with Gasteiger partial charge in [0.15, 0.2) is 0 Å². The lowest BCUT2D eigenvalue weighted by Gasteiger charge is -2.40. The Labute approximate surface area is 113 Å². The number of nitrogens with two attached hydrogens (primary N) is 1. The zero-order chi connectivity index (χ0) is 13.1. The third-order valence-electron chi connectivity index (χ3n) is 3.68. The van der Waals surface area contributed by atoms with E-state index >= 15 is 0 Å². The summed E-state index contributed by atoms with van der Waals surface area (Å²) >= 11 is 1.99. The Bertz CT molecular complexity index is 411. The van der Waals surface area contributed by atoms with Crippen molar-refractivity contribution < 1.29 is 4.39 Å².